The van der Waals surface area contributed by atoms with Gasteiger partial charge in [0.1, 0.15) is 11.9 Å². The van der Waals surface area contributed by atoms with Crippen LogP contribution in [0, 0.1) is 25.6 Å². The van der Waals surface area contributed by atoms with Gasteiger partial charge in [-0.3, -0.25) is 13.9 Å². The van der Waals surface area contributed by atoms with Crippen molar-refractivity contribution in [3.8, 4) is 0 Å². The smallest absolute Gasteiger partial charge is 0.242 e. The van der Waals surface area contributed by atoms with Crippen LogP contribution in [0.5, 0.6) is 0 Å². The number of carbonyl (C=O) groups excluding carboxylic acids is 2. The number of nitrogens with one attached hydrogen (secondary N) is 1. The van der Waals surface area contributed by atoms with Gasteiger partial charge in [0, 0.05) is 31.6 Å². The number of anilines is 1. The lowest BCUT2D eigenvalue weighted by atomic mass is 10.1. The van der Waals surface area contributed by atoms with E-state index >= 15 is 0 Å². The first-order valence-electron chi connectivity index (χ1n) is 12.2. The van der Waals surface area contributed by atoms with Crippen molar-refractivity contribution in [2.75, 3.05) is 23.7 Å². The van der Waals surface area contributed by atoms with E-state index in [-0.39, 0.29) is 43.7 Å². The van der Waals surface area contributed by atoms with Crippen LogP contribution in [-0.4, -0.2) is 50.5 Å². The van der Waals surface area contributed by atoms with E-state index in [4.69, 9.17) is 0 Å². The largest absolute Gasteiger partial charge is 0.354 e. The molecule has 0 saturated heterocycles. The van der Waals surface area contributed by atoms with Crippen molar-refractivity contribution in [1.29, 1.82) is 0 Å². The Labute approximate surface area is 214 Å². The minimum absolute atomic E-state index is 0.00708. The molecular weight excluding hydrogens is 481 g/mol. The fourth-order valence-electron chi connectivity index (χ4n) is 3.82. The fraction of sp³-hybridized carbons (Fsp3) is 0.481. The van der Waals surface area contributed by atoms with Crippen LogP contribution >= 0.6 is 0 Å². The topological polar surface area (TPSA) is 86.8 Å². The highest BCUT2D eigenvalue weighted by atomic mass is 32.2. The van der Waals surface area contributed by atoms with Crippen LogP contribution < -0.4 is 9.62 Å². The number of hydrogen-bond donors (Lipinski definition) is 1. The molecule has 2 aromatic rings. The lowest BCUT2D eigenvalue weighted by Gasteiger charge is -2.30. The molecule has 36 heavy (non-hydrogen) atoms. The summed E-state index contributed by atoms with van der Waals surface area (Å²) in [7, 11) is -3.58. The van der Waals surface area contributed by atoms with E-state index < -0.39 is 21.9 Å². The molecule has 0 spiro atoms. The molecular formula is C27H38FN3O4S. The highest BCUT2D eigenvalue weighted by molar-refractivity contribution is 7.92. The summed E-state index contributed by atoms with van der Waals surface area (Å²) in [6, 6.07) is 10.9. The van der Waals surface area contributed by atoms with Gasteiger partial charge in [-0.1, -0.05) is 44.2 Å². The Hall–Kier alpha value is -2.94. The molecule has 0 radical (unpaired) electrons. The van der Waals surface area contributed by atoms with Crippen LogP contribution in [0.4, 0.5) is 10.1 Å². The fourth-order valence-corrected chi connectivity index (χ4v) is 4.83. The third-order valence-electron chi connectivity index (χ3n) is 5.94. The molecule has 9 heteroatoms. The molecule has 0 heterocycles. The molecule has 0 fully saturated rings. The summed E-state index contributed by atoms with van der Waals surface area (Å²) in [5.41, 5.74) is 2.63. The van der Waals surface area contributed by atoms with E-state index in [9.17, 15) is 22.4 Å². The van der Waals surface area contributed by atoms with Crippen molar-refractivity contribution in [2.45, 2.75) is 60.0 Å². The number of hydrogen-bond acceptors (Lipinski definition) is 4. The van der Waals surface area contributed by atoms with Crippen molar-refractivity contribution >= 4 is 27.5 Å². The van der Waals surface area contributed by atoms with E-state index in [2.05, 4.69) is 5.32 Å². The van der Waals surface area contributed by atoms with Crippen LogP contribution in [0.2, 0.25) is 0 Å². The molecule has 2 aromatic carbocycles. The molecule has 7 nitrogen and oxygen atoms in total. The number of aryl methyl sites for hydroxylation is 2. The Bertz CT molecular complexity index is 1170. The number of benzene rings is 2. The second-order valence-electron chi connectivity index (χ2n) is 9.66. The second-order valence-corrected chi connectivity index (χ2v) is 11.6. The second kappa shape index (κ2) is 12.9. The van der Waals surface area contributed by atoms with Crippen LogP contribution in [0.3, 0.4) is 0 Å². The SMILES string of the molecule is Cc1ccc(C)c(N(CCCC(=O)N(Cc2ccccc2F)C(C)C(=O)NCC(C)C)S(C)(=O)=O)c1. The van der Waals surface area contributed by atoms with Gasteiger partial charge in [-0.25, -0.2) is 12.8 Å². The molecule has 0 aliphatic heterocycles. The van der Waals surface area contributed by atoms with E-state index in [1.165, 1.54) is 15.3 Å². The molecule has 2 amide bonds. The average Bonchev–Trinajstić information content (AvgIpc) is 2.80. The summed E-state index contributed by atoms with van der Waals surface area (Å²) in [6.45, 7) is 9.79. The summed E-state index contributed by atoms with van der Waals surface area (Å²) >= 11 is 0. The average molecular weight is 520 g/mol. The summed E-state index contributed by atoms with van der Waals surface area (Å²) < 4.78 is 40.8. The molecule has 1 N–H and O–H groups in total. The van der Waals surface area contributed by atoms with Crippen molar-refractivity contribution in [3.05, 3.63) is 65.0 Å². The van der Waals surface area contributed by atoms with Gasteiger partial charge in [-0.2, -0.15) is 0 Å². The Morgan fingerprint density at radius 2 is 1.72 bits per heavy atom. The Morgan fingerprint density at radius 1 is 1.06 bits per heavy atom. The van der Waals surface area contributed by atoms with Crippen LogP contribution in [0.15, 0.2) is 42.5 Å². The van der Waals surface area contributed by atoms with Gasteiger partial charge in [0.05, 0.1) is 11.9 Å². The zero-order valence-corrected chi connectivity index (χ0v) is 22.9. The number of nitrogens with zero attached hydrogens (tertiary/aromatic N) is 2. The Balaban J connectivity index is 2.21. The maximum absolute atomic E-state index is 14.4. The molecule has 0 aromatic heterocycles. The first-order valence-corrected chi connectivity index (χ1v) is 14.0. The monoisotopic (exact) mass is 519 g/mol. The maximum Gasteiger partial charge on any atom is 0.242 e. The van der Waals surface area contributed by atoms with Gasteiger partial charge < -0.3 is 10.2 Å². The van der Waals surface area contributed by atoms with Gasteiger partial charge >= 0.3 is 0 Å². The third kappa shape index (κ3) is 8.33. The van der Waals surface area contributed by atoms with Crippen molar-refractivity contribution < 1.29 is 22.4 Å². The van der Waals surface area contributed by atoms with Crippen molar-refractivity contribution in [3.63, 3.8) is 0 Å². The van der Waals surface area contributed by atoms with Gasteiger partial charge in [0.2, 0.25) is 21.8 Å². The first kappa shape index (κ1) is 29.3. The van der Waals surface area contributed by atoms with Gasteiger partial charge in [-0.15, -0.1) is 0 Å². The molecule has 0 aliphatic rings. The number of carbonyl (C=O) groups is 2. The quantitative estimate of drug-likeness (QED) is 0.456. The first-order chi connectivity index (χ1) is 16.8. The Morgan fingerprint density at radius 3 is 2.33 bits per heavy atom. The number of rotatable bonds is 12. The summed E-state index contributed by atoms with van der Waals surface area (Å²) in [5.74, 6) is -0.881. The number of amides is 2. The molecule has 1 atom stereocenters. The predicted octanol–water partition coefficient (Wildman–Crippen LogP) is 4.18. The molecule has 2 rings (SSSR count). The summed E-state index contributed by atoms with van der Waals surface area (Å²) in [4.78, 5) is 27.4. The lowest BCUT2D eigenvalue weighted by molar-refractivity contribution is -0.140. The normalized spacial score (nSPS) is 12.3. The van der Waals surface area contributed by atoms with E-state index in [1.54, 1.807) is 25.1 Å². The minimum Gasteiger partial charge on any atom is -0.354 e. The van der Waals surface area contributed by atoms with Crippen LogP contribution in [0.1, 0.15) is 50.3 Å². The predicted molar refractivity (Wildman–Crippen MR) is 142 cm³/mol. The van der Waals surface area contributed by atoms with E-state index in [1.807, 2.05) is 45.9 Å². The van der Waals surface area contributed by atoms with E-state index in [0.29, 0.717) is 17.8 Å². The molecule has 0 bridgehead atoms. The van der Waals surface area contributed by atoms with Crippen LogP contribution in [-0.2, 0) is 26.2 Å². The van der Waals surface area contributed by atoms with E-state index in [0.717, 1.165) is 17.4 Å². The molecule has 0 aliphatic carbocycles. The number of sulfonamides is 1. The zero-order chi connectivity index (χ0) is 27.0. The van der Waals surface area contributed by atoms with Crippen molar-refractivity contribution in [1.82, 2.24) is 10.2 Å². The van der Waals surface area contributed by atoms with Crippen LogP contribution in [0.25, 0.3) is 0 Å². The molecule has 198 valence electrons. The number of halogens is 1. The molecule has 0 saturated carbocycles. The standard InChI is InChI=1S/C27H38FN3O4S/c1-19(2)17-29-27(33)22(5)30(18-23-10-7-8-11-24(23)28)26(32)12-9-15-31(36(6,34)35)25-16-20(3)13-14-21(25)4/h7-8,10-11,13-14,16,19,22H,9,12,15,17-18H2,1-6H3,(H,29,33). The third-order valence-corrected chi connectivity index (χ3v) is 7.12. The minimum atomic E-state index is -3.58. The summed E-state index contributed by atoms with van der Waals surface area (Å²) in [6.07, 6.45) is 1.39. The zero-order valence-electron chi connectivity index (χ0n) is 22.0. The highest BCUT2D eigenvalue weighted by Gasteiger charge is 2.27. The van der Waals surface area contributed by atoms with Gasteiger partial charge in [0.15, 0.2) is 0 Å². The highest BCUT2D eigenvalue weighted by Crippen LogP contribution is 2.25. The van der Waals surface area contributed by atoms with Gasteiger partial charge in [-0.05, 0) is 56.4 Å². The van der Waals surface area contributed by atoms with Crippen molar-refractivity contribution in [2.24, 2.45) is 5.92 Å². The van der Waals surface area contributed by atoms with Gasteiger partial charge in [0.25, 0.3) is 0 Å². The maximum atomic E-state index is 14.4. The Kier molecular flexibility index (Phi) is 10.5. The lowest BCUT2D eigenvalue weighted by Crippen LogP contribution is -2.48. The molecule has 1 unspecified atom stereocenters. The summed E-state index contributed by atoms with van der Waals surface area (Å²) in [5, 5.41) is 2.83.